The SMILES string of the molecule is COCCC(C)(C)CNC(C)c1cc(C)ccc1C. The Morgan fingerprint density at radius 2 is 1.95 bits per heavy atom. The van der Waals surface area contributed by atoms with Crippen molar-refractivity contribution in [3.63, 3.8) is 0 Å². The monoisotopic (exact) mass is 263 g/mol. The highest BCUT2D eigenvalue weighted by Crippen LogP contribution is 2.23. The second-order valence-electron chi connectivity index (χ2n) is 6.37. The molecule has 0 heterocycles. The normalized spacial score (nSPS) is 13.6. The lowest BCUT2D eigenvalue weighted by atomic mass is 9.89. The van der Waals surface area contributed by atoms with Crippen LogP contribution >= 0.6 is 0 Å². The van der Waals surface area contributed by atoms with Crippen molar-refractivity contribution in [2.45, 2.75) is 47.1 Å². The van der Waals surface area contributed by atoms with Crippen LogP contribution in [0.1, 0.15) is 49.9 Å². The van der Waals surface area contributed by atoms with Crippen LogP contribution in [0.5, 0.6) is 0 Å². The molecule has 0 spiro atoms. The number of methoxy groups -OCH3 is 1. The molecule has 1 atom stereocenters. The van der Waals surface area contributed by atoms with Gasteiger partial charge in [0.15, 0.2) is 0 Å². The van der Waals surface area contributed by atoms with E-state index in [1.807, 2.05) is 0 Å². The van der Waals surface area contributed by atoms with Gasteiger partial charge in [-0.05, 0) is 43.7 Å². The Hall–Kier alpha value is -0.860. The first-order chi connectivity index (χ1) is 8.85. The van der Waals surface area contributed by atoms with E-state index in [9.17, 15) is 0 Å². The van der Waals surface area contributed by atoms with Crippen molar-refractivity contribution in [3.05, 3.63) is 34.9 Å². The zero-order valence-electron chi connectivity index (χ0n) is 13.3. The van der Waals surface area contributed by atoms with Crippen LogP contribution in [0.4, 0.5) is 0 Å². The Morgan fingerprint density at radius 3 is 2.58 bits per heavy atom. The van der Waals surface area contributed by atoms with E-state index in [2.05, 4.69) is 58.1 Å². The van der Waals surface area contributed by atoms with E-state index in [1.54, 1.807) is 7.11 Å². The van der Waals surface area contributed by atoms with Gasteiger partial charge in [-0.15, -0.1) is 0 Å². The molecule has 108 valence electrons. The van der Waals surface area contributed by atoms with Crippen LogP contribution in [-0.4, -0.2) is 20.3 Å². The van der Waals surface area contributed by atoms with Crippen LogP contribution in [0, 0.1) is 19.3 Å². The molecule has 2 heteroatoms. The molecule has 1 unspecified atom stereocenters. The summed E-state index contributed by atoms with van der Waals surface area (Å²) in [6.07, 6.45) is 1.08. The molecule has 0 aliphatic rings. The number of nitrogens with one attached hydrogen (secondary N) is 1. The lowest BCUT2D eigenvalue weighted by Gasteiger charge is -2.27. The second-order valence-corrected chi connectivity index (χ2v) is 6.37. The summed E-state index contributed by atoms with van der Waals surface area (Å²) in [5, 5.41) is 3.66. The molecule has 1 N–H and O–H groups in total. The fourth-order valence-electron chi connectivity index (χ4n) is 2.23. The average Bonchev–Trinajstić information content (AvgIpc) is 2.36. The quantitative estimate of drug-likeness (QED) is 0.802. The van der Waals surface area contributed by atoms with Crippen LogP contribution < -0.4 is 5.32 Å². The Labute approximate surface area is 118 Å². The number of ether oxygens (including phenoxy) is 1. The molecule has 1 rings (SSSR count). The van der Waals surface area contributed by atoms with Gasteiger partial charge in [-0.2, -0.15) is 0 Å². The van der Waals surface area contributed by atoms with Gasteiger partial charge < -0.3 is 10.1 Å². The van der Waals surface area contributed by atoms with Crippen LogP contribution in [0.25, 0.3) is 0 Å². The molecular weight excluding hydrogens is 234 g/mol. The van der Waals surface area contributed by atoms with E-state index >= 15 is 0 Å². The molecule has 0 aliphatic carbocycles. The first-order valence-corrected chi connectivity index (χ1v) is 7.15. The molecule has 0 fully saturated rings. The maximum atomic E-state index is 5.18. The summed E-state index contributed by atoms with van der Waals surface area (Å²) in [6.45, 7) is 13.0. The number of hydrogen-bond donors (Lipinski definition) is 1. The highest BCUT2D eigenvalue weighted by molar-refractivity contribution is 5.32. The molecule has 19 heavy (non-hydrogen) atoms. The molecule has 0 aliphatic heterocycles. The zero-order valence-corrected chi connectivity index (χ0v) is 13.3. The second kappa shape index (κ2) is 7.06. The molecule has 0 saturated heterocycles. The van der Waals surface area contributed by atoms with Crippen molar-refractivity contribution in [2.75, 3.05) is 20.3 Å². The smallest absolute Gasteiger partial charge is 0.0467 e. The summed E-state index contributed by atoms with van der Waals surface area (Å²) in [5.41, 5.74) is 4.36. The number of benzene rings is 1. The van der Waals surface area contributed by atoms with Crippen LogP contribution in [0.2, 0.25) is 0 Å². The fraction of sp³-hybridized carbons (Fsp3) is 0.647. The van der Waals surface area contributed by atoms with Crippen molar-refractivity contribution < 1.29 is 4.74 Å². The highest BCUT2D eigenvalue weighted by Gasteiger charge is 2.19. The summed E-state index contributed by atoms with van der Waals surface area (Å²) in [6, 6.07) is 7.06. The maximum absolute atomic E-state index is 5.18. The topological polar surface area (TPSA) is 21.3 Å². The van der Waals surface area contributed by atoms with E-state index in [0.29, 0.717) is 6.04 Å². The average molecular weight is 263 g/mol. The number of aryl methyl sites for hydroxylation is 2. The largest absolute Gasteiger partial charge is 0.385 e. The van der Waals surface area contributed by atoms with Crippen molar-refractivity contribution in [1.29, 1.82) is 0 Å². The summed E-state index contributed by atoms with van der Waals surface area (Å²) in [4.78, 5) is 0. The predicted octanol–water partition coefficient (Wildman–Crippen LogP) is 4.02. The molecule has 0 saturated carbocycles. The van der Waals surface area contributed by atoms with Crippen LogP contribution in [0.3, 0.4) is 0 Å². The van der Waals surface area contributed by atoms with E-state index in [0.717, 1.165) is 19.6 Å². The van der Waals surface area contributed by atoms with Gasteiger partial charge in [0.1, 0.15) is 0 Å². The highest BCUT2D eigenvalue weighted by atomic mass is 16.5. The Morgan fingerprint density at radius 1 is 1.26 bits per heavy atom. The van der Waals surface area contributed by atoms with Crippen molar-refractivity contribution in [3.8, 4) is 0 Å². The summed E-state index contributed by atoms with van der Waals surface area (Å²) in [5.74, 6) is 0. The summed E-state index contributed by atoms with van der Waals surface area (Å²) < 4.78 is 5.18. The van der Waals surface area contributed by atoms with Gasteiger partial charge in [0.25, 0.3) is 0 Å². The van der Waals surface area contributed by atoms with Gasteiger partial charge in [-0.25, -0.2) is 0 Å². The third-order valence-corrected chi connectivity index (χ3v) is 3.77. The lowest BCUT2D eigenvalue weighted by Crippen LogP contribution is -2.32. The van der Waals surface area contributed by atoms with Crippen molar-refractivity contribution in [1.82, 2.24) is 5.32 Å². The molecule has 1 aromatic rings. The summed E-state index contributed by atoms with van der Waals surface area (Å²) >= 11 is 0. The minimum atomic E-state index is 0.266. The van der Waals surface area contributed by atoms with E-state index < -0.39 is 0 Å². The van der Waals surface area contributed by atoms with Crippen LogP contribution in [-0.2, 0) is 4.74 Å². The molecule has 1 aromatic carbocycles. The summed E-state index contributed by atoms with van der Waals surface area (Å²) in [7, 11) is 1.77. The Kier molecular flexibility index (Phi) is 6.02. The van der Waals surface area contributed by atoms with Gasteiger partial charge in [0.05, 0.1) is 0 Å². The third kappa shape index (κ3) is 5.33. The van der Waals surface area contributed by atoms with Crippen LogP contribution in [0.15, 0.2) is 18.2 Å². The minimum Gasteiger partial charge on any atom is -0.385 e. The number of hydrogen-bond acceptors (Lipinski definition) is 2. The van der Waals surface area contributed by atoms with Gasteiger partial charge in [0, 0.05) is 26.3 Å². The van der Waals surface area contributed by atoms with Gasteiger partial charge >= 0.3 is 0 Å². The predicted molar refractivity (Wildman–Crippen MR) is 82.6 cm³/mol. The molecule has 0 aromatic heterocycles. The lowest BCUT2D eigenvalue weighted by molar-refractivity contribution is 0.149. The molecular formula is C17H29NO. The zero-order chi connectivity index (χ0) is 14.5. The first kappa shape index (κ1) is 16.2. The van der Waals surface area contributed by atoms with E-state index in [1.165, 1.54) is 16.7 Å². The number of rotatable bonds is 7. The molecule has 2 nitrogen and oxygen atoms in total. The van der Waals surface area contributed by atoms with Gasteiger partial charge in [0.2, 0.25) is 0 Å². The molecule has 0 amide bonds. The van der Waals surface area contributed by atoms with Crippen molar-refractivity contribution >= 4 is 0 Å². The van der Waals surface area contributed by atoms with Gasteiger partial charge in [-0.3, -0.25) is 0 Å². The molecule has 0 bridgehead atoms. The maximum Gasteiger partial charge on any atom is 0.0467 e. The van der Waals surface area contributed by atoms with E-state index in [-0.39, 0.29) is 5.41 Å². The standard InChI is InChI=1S/C17H29NO/c1-13-7-8-14(2)16(11-13)15(3)18-12-17(4,5)9-10-19-6/h7-8,11,15,18H,9-10,12H2,1-6H3. The first-order valence-electron chi connectivity index (χ1n) is 7.15. The van der Waals surface area contributed by atoms with Crippen molar-refractivity contribution in [2.24, 2.45) is 5.41 Å². The third-order valence-electron chi connectivity index (χ3n) is 3.77. The van der Waals surface area contributed by atoms with E-state index in [4.69, 9.17) is 4.74 Å². The Bertz CT molecular complexity index is 398. The fourth-order valence-corrected chi connectivity index (χ4v) is 2.23. The Balaban J connectivity index is 2.59. The minimum absolute atomic E-state index is 0.266. The van der Waals surface area contributed by atoms with Gasteiger partial charge in [-0.1, -0.05) is 37.6 Å². The molecule has 0 radical (unpaired) electrons.